The van der Waals surface area contributed by atoms with Crippen LogP contribution in [-0.2, 0) is 6.42 Å². The number of thiazole rings is 1. The number of aromatic nitrogens is 1. The van der Waals surface area contributed by atoms with Crippen LogP contribution in [0.2, 0.25) is 0 Å². The molecule has 1 atom stereocenters. The van der Waals surface area contributed by atoms with Crippen LogP contribution in [0.1, 0.15) is 18.2 Å². The Hall–Kier alpha value is -1.39. The molecule has 0 saturated heterocycles. The molecule has 4 heteroatoms. The zero-order valence-electron chi connectivity index (χ0n) is 11.2. The summed E-state index contributed by atoms with van der Waals surface area (Å²) in [5.41, 5.74) is 1.88. The minimum Gasteiger partial charge on any atom is -0.492 e. The maximum Gasteiger partial charge on any atom is 0.119 e. The van der Waals surface area contributed by atoms with Crippen molar-refractivity contribution in [2.75, 3.05) is 13.2 Å². The third-order valence-corrected chi connectivity index (χ3v) is 3.61. The topological polar surface area (TPSA) is 34.1 Å². The third kappa shape index (κ3) is 5.01. The normalized spacial score (nSPS) is 12.3. The summed E-state index contributed by atoms with van der Waals surface area (Å²) in [6.45, 7) is 3.87. The number of nitrogens with zero attached hydrogens (tertiary/aromatic N) is 1. The van der Waals surface area contributed by atoms with Crippen LogP contribution in [0.25, 0.3) is 0 Å². The predicted molar refractivity (Wildman–Crippen MR) is 79.8 cm³/mol. The second-order valence-electron chi connectivity index (χ2n) is 4.45. The molecule has 2 rings (SSSR count). The molecule has 1 heterocycles. The van der Waals surface area contributed by atoms with Crippen molar-refractivity contribution in [2.24, 2.45) is 0 Å². The molecule has 0 amide bonds. The first-order valence-corrected chi connectivity index (χ1v) is 7.55. The van der Waals surface area contributed by atoms with E-state index in [0.29, 0.717) is 12.6 Å². The minimum absolute atomic E-state index is 0.334. The summed E-state index contributed by atoms with van der Waals surface area (Å²) in [4.78, 5) is 5.42. The summed E-state index contributed by atoms with van der Waals surface area (Å²) < 4.78 is 5.84. The molecule has 0 bridgehead atoms. The molecule has 1 aromatic heterocycles. The van der Waals surface area contributed by atoms with E-state index in [1.165, 1.54) is 4.88 Å². The number of hydrogen-bond acceptors (Lipinski definition) is 4. The van der Waals surface area contributed by atoms with E-state index in [-0.39, 0.29) is 0 Å². The van der Waals surface area contributed by atoms with Crippen molar-refractivity contribution in [2.45, 2.75) is 25.8 Å². The highest BCUT2D eigenvalue weighted by Gasteiger charge is 2.10. The van der Waals surface area contributed by atoms with Gasteiger partial charge in [-0.1, -0.05) is 25.1 Å². The summed E-state index contributed by atoms with van der Waals surface area (Å²) in [5.74, 6) is 0.926. The van der Waals surface area contributed by atoms with Gasteiger partial charge in [-0.25, -0.2) is 0 Å². The van der Waals surface area contributed by atoms with Gasteiger partial charge in [0.25, 0.3) is 0 Å². The zero-order valence-corrected chi connectivity index (χ0v) is 12.0. The first kappa shape index (κ1) is 14.0. The van der Waals surface area contributed by atoms with Gasteiger partial charge in [-0.15, -0.1) is 11.3 Å². The van der Waals surface area contributed by atoms with E-state index in [1.807, 2.05) is 42.0 Å². The molecule has 102 valence electrons. The van der Waals surface area contributed by atoms with E-state index >= 15 is 0 Å². The molecule has 0 aliphatic rings. The number of rotatable bonds is 8. The lowest BCUT2D eigenvalue weighted by Gasteiger charge is -2.18. The van der Waals surface area contributed by atoms with E-state index in [1.54, 1.807) is 11.3 Å². The van der Waals surface area contributed by atoms with Gasteiger partial charge in [0.05, 0.1) is 5.51 Å². The van der Waals surface area contributed by atoms with Gasteiger partial charge in [0.2, 0.25) is 0 Å². The van der Waals surface area contributed by atoms with Crippen molar-refractivity contribution in [1.82, 2.24) is 10.3 Å². The maximum absolute atomic E-state index is 5.84. The Labute approximate surface area is 118 Å². The Morgan fingerprint density at radius 2 is 2.16 bits per heavy atom. The van der Waals surface area contributed by atoms with Crippen LogP contribution >= 0.6 is 11.3 Å². The first-order valence-electron chi connectivity index (χ1n) is 6.67. The SMILES string of the molecule is CCCNC(COc1ccccc1)Cc1cncs1. The molecule has 1 unspecified atom stereocenters. The van der Waals surface area contributed by atoms with E-state index < -0.39 is 0 Å². The van der Waals surface area contributed by atoms with E-state index in [0.717, 1.165) is 25.1 Å². The quantitative estimate of drug-likeness (QED) is 0.804. The Balaban J connectivity index is 1.86. The molecule has 19 heavy (non-hydrogen) atoms. The second kappa shape index (κ2) is 7.92. The van der Waals surface area contributed by atoms with Crippen LogP contribution in [-0.4, -0.2) is 24.2 Å². The lowest BCUT2D eigenvalue weighted by atomic mass is 10.2. The Morgan fingerprint density at radius 3 is 2.84 bits per heavy atom. The number of benzene rings is 1. The van der Waals surface area contributed by atoms with Gasteiger partial charge in [-0.05, 0) is 25.1 Å². The summed E-state index contributed by atoms with van der Waals surface area (Å²) in [6, 6.07) is 10.3. The second-order valence-corrected chi connectivity index (χ2v) is 5.42. The number of nitrogens with one attached hydrogen (secondary N) is 1. The van der Waals surface area contributed by atoms with Crippen molar-refractivity contribution in [3.05, 3.63) is 46.9 Å². The van der Waals surface area contributed by atoms with Gasteiger partial charge >= 0.3 is 0 Å². The average molecular weight is 276 g/mol. The average Bonchev–Trinajstić information content (AvgIpc) is 2.96. The standard InChI is InChI=1S/C15H20N2OS/c1-2-8-17-13(9-15-10-16-12-19-15)11-18-14-6-4-3-5-7-14/h3-7,10,12-13,17H,2,8-9,11H2,1H3. The van der Waals surface area contributed by atoms with Gasteiger partial charge in [0.15, 0.2) is 0 Å². The molecule has 0 radical (unpaired) electrons. The summed E-state index contributed by atoms with van der Waals surface area (Å²) in [5, 5.41) is 3.53. The number of ether oxygens (including phenoxy) is 1. The van der Waals surface area contributed by atoms with E-state index in [9.17, 15) is 0 Å². The van der Waals surface area contributed by atoms with E-state index in [2.05, 4.69) is 17.2 Å². The monoisotopic (exact) mass is 276 g/mol. The van der Waals surface area contributed by atoms with Gasteiger partial charge in [0.1, 0.15) is 12.4 Å². The van der Waals surface area contributed by atoms with E-state index in [4.69, 9.17) is 4.74 Å². The van der Waals surface area contributed by atoms with Crippen LogP contribution in [0.4, 0.5) is 0 Å². The zero-order chi connectivity index (χ0) is 13.3. The van der Waals surface area contributed by atoms with Crippen molar-refractivity contribution >= 4 is 11.3 Å². The van der Waals surface area contributed by atoms with Crippen LogP contribution in [0.5, 0.6) is 5.75 Å². The molecule has 0 aliphatic heterocycles. The highest BCUT2D eigenvalue weighted by atomic mass is 32.1. The fraction of sp³-hybridized carbons (Fsp3) is 0.400. The lowest BCUT2D eigenvalue weighted by molar-refractivity contribution is 0.263. The molecule has 3 nitrogen and oxygen atoms in total. The van der Waals surface area contributed by atoms with Crippen LogP contribution in [0, 0.1) is 0 Å². The van der Waals surface area contributed by atoms with Crippen molar-refractivity contribution in [3.8, 4) is 5.75 Å². The summed E-state index contributed by atoms with van der Waals surface area (Å²) in [6.07, 6.45) is 4.04. The van der Waals surface area contributed by atoms with Gasteiger partial charge in [0, 0.05) is 23.5 Å². The molecule has 0 spiro atoms. The van der Waals surface area contributed by atoms with Gasteiger partial charge < -0.3 is 10.1 Å². The van der Waals surface area contributed by atoms with Crippen molar-refractivity contribution in [1.29, 1.82) is 0 Å². The van der Waals surface area contributed by atoms with Crippen LogP contribution in [0.3, 0.4) is 0 Å². The first-order chi connectivity index (χ1) is 9.38. The molecule has 1 aromatic carbocycles. The fourth-order valence-electron chi connectivity index (χ4n) is 1.84. The summed E-state index contributed by atoms with van der Waals surface area (Å²) in [7, 11) is 0. The highest BCUT2D eigenvalue weighted by molar-refractivity contribution is 7.09. The largest absolute Gasteiger partial charge is 0.492 e. The highest BCUT2D eigenvalue weighted by Crippen LogP contribution is 2.12. The summed E-state index contributed by atoms with van der Waals surface area (Å²) >= 11 is 1.70. The van der Waals surface area contributed by atoms with Crippen LogP contribution in [0.15, 0.2) is 42.0 Å². The lowest BCUT2D eigenvalue weighted by Crippen LogP contribution is -2.36. The van der Waals surface area contributed by atoms with Crippen molar-refractivity contribution < 1.29 is 4.74 Å². The number of para-hydroxylation sites is 1. The van der Waals surface area contributed by atoms with Gasteiger partial charge in [-0.3, -0.25) is 4.98 Å². The number of hydrogen-bond donors (Lipinski definition) is 1. The van der Waals surface area contributed by atoms with Crippen LogP contribution < -0.4 is 10.1 Å². The minimum atomic E-state index is 0.334. The Bertz CT molecular complexity index is 444. The Morgan fingerprint density at radius 1 is 1.32 bits per heavy atom. The molecule has 2 aromatic rings. The maximum atomic E-state index is 5.84. The van der Waals surface area contributed by atoms with Crippen molar-refractivity contribution in [3.63, 3.8) is 0 Å². The smallest absolute Gasteiger partial charge is 0.119 e. The Kier molecular flexibility index (Phi) is 5.85. The van der Waals surface area contributed by atoms with Gasteiger partial charge in [-0.2, -0.15) is 0 Å². The molecule has 1 N–H and O–H groups in total. The molecular weight excluding hydrogens is 256 g/mol. The molecule has 0 fully saturated rings. The molecule has 0 saturated carbocycles. The third-order valence-electron chi connectivity index (χ3n) is 2.81. The fourth-order valence-corrected chi connectivity index (χ4v) is 2.51. The molecular formula is C15H20N2OS. The predicted octanol–water partition coefficient (Wildman–Crippen LogP) is 3.13. The molecule has 0 aliphatic carbocycles.